The third-order valence-electron chi connectivity index (χ3n) is 1.76. The lowest BCUT2D eigenvalue weighted by Gasteiger charge is -2.00. The fraction of sp³-hybridized carbons (Fsp3) is 0.111. The minimum absolute atomic E-state index is 0. The highest BCUT2D eigenvalue weighted by molar-refractivity contribution is 14.1. The van der Waals surface area contributed by atoms with Gasteiger partial charge in [-0.3, -0.25) is 0 Å². The topological polar surface area (TPSA) is 35.0 Å². The van der Waals surface area contributed by atoms with Crippen molar-refractivity contribution in [2.75, 3.05) is 7.11 Å². The Morgan fingerprint density at radius 3 is 2.86 bits per heavy atom. The van der Waals surface area contributed by atoms with E-state index >= 15 is 0 Å². The quantitative estimate of drug-likeness (QED) is 0.598. The highest BCUT2D eigenvalue weighted by atomic mass is 127. The van der Waals surface area contributed by atoms with Crippen molar-refractivity contribution in [2.45, 2.75) is 0 Å². The molecule has 5 heteroatoms. The van der Waals surface area contributed by atoms with E-state index in [0.29, 0.717) is 0 Å². The predicted octanol–water partition coefficient (Wildman–Crippen LogP) is 2.66. The molecule has 0 spiro atoms. The Balaban J connectivity index is 0.000000980. The molecule has 2 aromatic rings. The molecule has 1 aromatic carbocycles. The molecule has 0 saturated carbocycles. The number of aromatic nitrogens is 2. The summed E-state index contributed by atoms with van der Waals surface area (Å²) in [6.45, 7) is 0. The first-order valence-corrected chi connectivity index (χ1v) is 4.84. The molecule has 0 bridgehead atoms. The molecule has 0 N–H and O–H groups in total. The van der Waals surface area contributed by atoms with Gasteiger partial charge in [-0.1, -0.05) is 0 Å². The smallest absolute Gasteiger partial charge is 0.191 e. The predicted molar refractivity (Wildman–Crippen MR) is 66.1 cm³/mol. The lowest BCUT2D eigenvalue weighted by molar-refractivity contribution is 0.415. The summed E-state index contributed by atoms with van der Waals surface area (Å²) < 4.78 is 5.85. The van der Waals surface area contributed by atoms with Crippen LogP contribution in [0, 0.1) is 3.83 Å². The van der Waals surface area contributed by atoms with Gasteiger partial charge in [0.1, 0.15) is 5.75 Å². The second-order valence-corrected chi connectivity index (χ2v) is 3.53. The van der Waals surface area contributed by atoms with Crippen LogP contribution in [-0.2, 0) is 0 Å². The Kier molecular flexibility index (Phi) is 3.88. The van der Waals surface area contributed by atoms with E-state index in [4.69, 9.17) is 4.74 Å². The van der Waals surface area contributed by atoms with Crippen molar-refractivity contribution in [2.24, 2.45) is 0 Å². The van der Waals surface area contributed by atoms with Crippen molar-refractivity contribution in [3.05, 3.63) is 28.2 Å². The molecule has 0 saturated heterocycles. The molecule has 3 nitrogen and oxygen atoms in total. The largest absolute Gasteiger partial charge is 0.497 e. The number of nitrogens with zero attached hydrogens (tertiary/aromatic N) is 2. The van der Waals surface area contributed by atoms with Gasteiger partial charge in [0.25, 0.3) is 0 Å². The maximum Gasteiger partial charge on any atom is 0.191 e. The van der Waals surface area contributed by atoms with Crippen molar-refractivity contribution >= 4 is 45.9 Å². The van der Waals surface area contributed by atoms with E-state index in [1.807, 2.05) is 24.4 Å². The molecule has 0 fully saturated rings. The lowest BCUT2D eigenvalue weighted by Crippen LogP contribution is -1.88. The Morgan fingerprint density at radius 2 is 2.14 bits per heavy atom. The van der Waals surface area contributed by atoms with Gasteiger partial charge in [-0.05, 0) is 12.1 Å². The van der Waals surface area contributed by atoms with Gasteiger partial charge in [-0.25, -0.2) is 9.97 Å². The average molecular weight is 323 g/mol. The molecule has 0 aliphatic heterocycles. The van der Waals surface area contributed by atoms with Crippen LogP contribution in [0.3, 0.4) is 0 Å². The van der Waals surface area contributed by atoms with Crippen molar-refractivity contribution in [3.8, 4) is 5.75 Å². The van der Waals surface area contributed by atoms with Crippen LogP contribution in [0.5, 0.6) is 5.75 Å². The van der Waals surface area contributed by atoms with E-state index in [1.165, 1.54) is 0 Å². The molecule has 14 heavy (non-hydrogen) atoms. The van der Waals surface area contributed by atoms with Gasteiger partial charge in [0.2, 0.25) is 0 Å². The van der Waals surface area contributed by atoms with Gasteiger partial charge < -0.3 is 4.74 Å². The zero-order valence-corrected chi connectivity index (χ0v) is 10.4. The standard InChI is InChI=1S/C9H7IN2O.ClH/c1-13-7-3-2-6-5-11-9(10)12-8(6)4-7;/h2-5H,1H3;1H. The Bertz CT molecular complexity index is 450. The fourth-order valence-electron chi connectivity index (χ4n) is 1.11. The molecule has 0 aliphatic carbocycles. The summed E-state index contributed by atoms with van der Waals surface area (Å²) in [6, 6.07) is 5.75. The van der Waals surface area contributed by atoms with Crippen LogP contribution in [0.15, 0.2) is 24.4 Å². The van der Waals surface area contributed by atoms with E-state index < -0.39 is 0 Å². The number of hydrogen-bond acceptors (Lipinski definition) is 3. The molecule has 74 valence electrons. The van der Waals surface area contributed by atoms with Gasteiger partial charge in [-0.15, -0.1) is 12.4 Å². The van der Waals surface area contributed by atoms with Gasteiger partial charge in [0.15, 0.2) is 3.83 Å². The van der Waals surface area contributed by atoms with Gasteiger partial charge in [0.05, 0.1) is 12.6 Å². The molecular weight excluding hydrogens is 314 g/mol. The summed E-state index contributed by atoms with van der Waals surface area (Å²) in [7, 11) is 1.65. The molecule has 2 rings (SSSR count). The minimum Gasteiger partial charge on any atom is -0.497 e. The number of ether oxygens (including phenoxy) is 1. The Labute approximate surface area is 101 Å². The minimum atomic E-state index is 0. The molecule has 0 unspecified atom stereocenters. The van der Waals surface area contributed by atoms with Crippen LogP contribution in [0.1, 0.15) is 0 Å². The number of methoxy groups -OCH3 is 1. The summed E-state index contributed by atoms with van der Waals surface area (Å²) >= 11 is 2.09. The number of fused-ring (bicyclic) bond motifs is 1. The first-order valence-electron chi connectivity index (χ1n) is 3.76. The summed E-state index contributed by atoms with van der Waals surface area (Å²) in [6.07, 6.45) is 1.81. The molecular formula is C9H8ClIN2O. The molecule has 0 atom stereocenters. The number of benzene rings is 1. The van der Waals surface area contributed by atoms with Crippen molar-refractivity contribution in [1.82, 2.24) is 9.97 Å². The van der Waals surface area contributed by atoms with Gasteiger partial charge in [0, 0.05) is 40.2 Å². The fourth-order valence-corrected chi connectivity index (χ4v) is 1.51. The first-order chi connectivity index (χ1) is 6.29. The van der Waals surface area contributed by atoms with Crippen LogP contribution in [0.25, 0.3) is 10.9 Å². The zero-order valence-electron chi connectivity index (χ0n) is 7.40. The first kappa shape index (κ1) is 11.5. The summed E-state index contributed by atoms with van der Waals surface area (Å²) in [5.74, 6) is 0.821. The average Bonchev–Trinajstić information content (AvgIpc) is 2.16. The molecule has 0 aliphatic rings. The third kappa shape index (κ3) is 2.24. The second kappa shape index (κ2) is 4.75. The normalized spacial score (nSPS) is 9.57. The van der Waals surface area contributed by atoms with Gasteiger partial charge in [-0.2, -0.15) is 0 Å². The number of hydrogen-bond donors (Lipinski definition) is 0. The van der Waals surface area contributed by atoms with Crippen molar-refractivity contribution in [3.63, 3.8) is 0 Å². The molecule has 0 radical (unpaired) electrons. The number of halogens is 2. The van der Waals surface area contributed by atoms with Crippen molar-refractivity contribution in [1.29, 1.82) is 0 Å². The third-order valence-corrected chi connectivity index (χ3v) is 2.28. The highest BCUT2D eigenvalue weighted by Crippen LogP contribution is 2.18. The summed E-state index contributed by atoms with van der Waals surface area (Å²) in [5.41, 5.74) is 0.916. The van der Waals surface area contributed by atoms with Crippen LogP contribution in [-0.4, -0.2) is 17.1 Å². The molecule has 1 aromatic heterocycles. The van der Waals surface area contributed by atoms with Crippen molar-refractivity contribution < 1.29 is 4.74 Å². The monoisotopic (exact) mass is 322 g/mol. The molecule has 0 amide bonds. The number of rotatable bonds is 1. The van der Waals surface area contributed by atoms with Crippen LogP contribution >= 0.6 is 35.0 Å². The Hall–Kier alpha value is -0.620. The maximum absolute atomic E-state index is 5.10. The summed E-state index contributed by atoms with van der Waals surface area (Å²) in [4.78, 5) is 8.38. The van der Waals surface area contributed by atoms with E-state index in [1.54, 1.807) is 7.11 Å². The van der Waals surface area contributed by atoms with Crippen LogP contribution in [0.4, 0.5) is 0 Å². The summed E-state index contributed by atoms with van der Waals surface area (Å²) in [5, 5.41) is 1.03. The lowest BCUT2D eigenvalue weighted by atomic mass is 10.2. The van der Waals surface area contributed by atoms with E-state index in [2.05, 4.69) is 32.6 Å². The van der Waals surface area contributed by atoms with Crippen LogP contribution < -0.4 is 4.74 Å². The highest BCUT2D eigenvalue weighted by Gasteiger charge is 1.98. The van der Waals surface area contributed by atoms with E-state index in [-0.39, 0.29) is 12.4 Å². The van der Waals surface area contributed by atoms with Gasteiger partial charge >= 0.3 is 0 Å². The maximum atomic E-state index is 5.10. The van der Waals surface area contributed by atoms with E-state index in [0.717, 1.165) is 20.5 Å². The SMILES string of the molecule is COc1ccc2cnc(I)nc2c1.Cl. The second-order valence-electron chi connectivity index (χ2n) is 2.56. The zero-order chi connectivity index (χ0) is 9.26. The van der Waals surface area contributed by atoms with Crippen LogP contribution in [0.2, 0.25) is 0 Å². The van der Waals surface area contributed by atoms with E-state index in [9.17, 15) is 0 Å². The Morgan fingerprint density at radius 1 is 1.36 bits per heavy atom. The molecule has 1 heterocycles.